The number of ketones is 1. The van der Waals surface area contributed by atoms with Gasteiger partial charge in [-0.15, -0.1) is 0 Å². The zero-order valence-corrected chi connectivity index (χ0v) is 18.4. The fourth-order valence-corrected chi connectivity index (χ4v) is 3.67. The van der Waals surface area contributed by atoms with Gasteiger partial charge in [-0.25, -0.2) is 9.59 Å². The molecule has 0 aliphatic carbocycles. The number of ether oxygens (including phenoxy) is 1. The van der Waals surface area contributed by atoms with E-state index in [9.17, 15) is 14.4 Å². The first-order valence-corrected chi connectivity index (χ1v) is 10.5. The van der Waals surface area contributed by atoms with Crippen LogP contribution in [0.2, 0.25) is 0 Å². The van der Waals surface area contributed by atoms with Crippen molar-refractivity contribution in [2.75, 3.05) is 26.2 Å². The van der Waals surface area contributed by atoms with Crippen LogP contribution in [0, 0.1) is 5.92 Å². The summed E-state index contributed by atoms with van der Waals surface area (Å²) in [6.07, 6.45) is 3.94. The summed E-state index contributed by atoms with van der Waals surface area (Å²) >= 11 is 0. The molecule has 0 radical (unpaired) electrons. The zero-order valence-electron chi connectivity index (χ0n) is 18.4. The molecule has 30 heavy (non-hydrogen) atoms. The first kappa shape index (κ1) is 23.7. The maximum Gasteiger partial charge on any atom is 0.410 e. The number of aromatic amines is 1. The van der Waals surface area contributed by atoms with Crippen LogP contribution in [0.4, 0.5) is 9.59 Å². The molecule has 168 valence electrons. The van der Waals surface area contributed by atoms with Crippen LogP contribution in [0.15, 0.2) is 12.3 Å². The number of likely N-dealkylation sites (tertiary alicyclic amines) is 2. The molecular formula is C21H34N4O5. The van der Waals surface area contributed by atoms with Crippen molar-refractivity contribution in [3.63, 3.8) is 0 Å². The van der Waals surface area contributed by atoms with E-state index in [1.165, 1.54) is 4.90 Å². The highest BCUT2D eigenvalue weighted by Gasteiger charge is 2.28. The van der Waals surface area contributed by atoms with E-state index < -0.39 is 11.7 Å². The number of carboxylic acid groups (broad SMARTS) is 1. The Bertz CT molecular complexity index is 697. The fourth-order valence-electron chi connectivity index (χ4n) is 3.67. The number of carbonyl (C=O) groups excluding carboxylic acids is 2. The molecule has 0 spiro atoms. The highest BCUT2D eigenvalue weighted by molar-refractivity contribution is 5.78. The third-order valence-electron chi connectivity index (χ3n) is 5.45. The second kappa shape index (κ2) is 10.4. The molecule has 3 rings (SSSR count). The molecule has 0 saturated carbocycles. The number of aromatic nitrogens is 2. The van der Waals surface area contributed by atoms with E-state index in [2.05, 4.69) is 10.2 Å². The van der Waals surface area contributed by atoms with Gasteiger partial charge < -0.3 is 19.6 Å². The quantitative estimate of drug-likeness (QED) is 0.754. The minimum absolute atomic E-state index is 0.124. The number of Topliss-reactive ketones (excluding diaryl/α,β-unsaturated/α-hetero) is 1. The predicted molar refractivity (Wildman–Crippen MR) is 111 cm³/mol. The SMILES string of the molecule is CC(=O)C1CCN(C(=O)OC(C)(C)C)CC1.O=C(O)N1CCC(c2ccn[nH]2)CC1. The molecule has 2 aliphatic rings. The minimum Gasteiger partial charge on any atom is -0.465 e. The van der Waals surface area contributed by atoms with E-state index >= 15 is 0 Å². The molecule has 1 aromatic rings. The van der Waals surface area contributed by atoms with Gasteiger partial charge in [0.05, 0.1) is 0 Å². The number of H-pyrrole nitrogens is 1. The van der Waals surface area contributed by atoms with Gasteiger partial charge in [0.1, 0.15) is 11.4 Å². The fraction of sp³-hybridized carbons (Fsp3) is 0.714. The Morgan fingerprint density at radius 3 is 2.07 bits per heavy atom. The van der Waals surface area contributed by atoms with Crippen LogP contribution in [0.3, 0.4) is 0 Å². The van der Waals surface area contributed by atoms with Gasteiger partial charge in [0.2, 0.25) is 0 Å². The molecule has 0 atom stereocenters. The minimum atomic E-state index is -0.812. The summed E-state index contributed by atoms with van der Waals surface area (Å²) in [4.78, 5) is 36.7. The number of amides is 2. The Balaban J connectivity index is 0.000000215. The molecule has 2 saturated heterocycles. The Hall–Kier alpha value is -2.58. The first-order chi connectivity index (χ1) is 14.1. The number of hydrogen-bond acceptors (Lipinski definition) is 5. The highest BCUT2D eigenvalue weighted by Crippen LogP contribution is 2.26. The third-order valence-corrected chi connectivity index (χ3v) is 5.45. The molecule has 0 bridgehead atoms. The van der Waals surface area contributed by atoms with Crippen molar-refractivity contribution < 1.29 is 24.2 Å². The molecule has 3 heterocycles. The summed E-state index contributed by atoms with van der Waals surface area (Å²) < 4.78 is 5.27. The van der Waals surface area contributed by atoms with E-state index in [4.69, 9.17) is 9.84 Å². The Labute approximate surface area is 177 Å². The molecule has 2 fully saturated rings. The molecule has 0 aromatic carbocycles. The van der Waals surface area contributed by atoms with Gasteiger partial charge in [-0.3, -0.25) is 9.89 Å². The topological polar surface area (TPSA) is 116 Å². The van der Waals surface area contributed by atoms with Gasteiger partial charge in [0.15, 0.2) is 0 Å². The first-order valence-electron chi connectivity index (χ1n) is 10.5. The van der Waals surface area contributed by atoms with Crippen molar-refractivity contribution >= 4 is 18.0 Å². The number of carbonyl (C=O) groups is 3. The van der Waals surface area contributed by atoms with Crippen molar-refractivity contribution in [3.8, 4) is 0 Å². The summed E-state index contributed by atoms with van der Waals surface area (Å²) in [5.74, 6) is 0.788. The molecule has 2 amide bonds. The molecular weight excluding hydrogens is 388 g/mol. The second-order valence-electron chi connectivity index (χ2n) is 8.91. The lowest BCUT2D eigenvalue weighted by Gasteiger charge is -2.32. The van der Waals surface area contributed by atoms with E-state index in [0.29, 0.717) is 32.1 Å². The van der Waals surface area contributed by atoms with Crippen molar-refractivity contribution in [2.24, 2.45) is 5.92 Å². The van der Waals surface area contributed by atoms with E-state index in [1.54, 1.807) is 18.0 Å². The molecule has 2 N–H and O–H groups in total. The van der Waals surface area contributed by atoms with Crippen molar-refractivity contribution in [1.29, 1.82) is 0 Å². The second-order valence-corrected chi connectivity index (χ2v) is 8.91. The number of piperidine rings is 2. The molecule has 2 aliphatic heterocycles. The Morgan fingerprint density at radius 2 is 1.63 bits per heavy atom. The van der Waals surface area contributed by atoms with E-state index in [-0.39, 0.29) is 17.8 Å². The van der Waals surface area contributed by atoms with Crippen LogP contribution < -0.4 is 0 Å². The van der Waals surface area contributed by atoms with Gasteiger partial charge in [0, 0.05) is 49.9 Å². The van der Waals surface area contributed by atoms with Crippen LogP contribution in [0.25, 0.3) is 0 Å². The van der Waals surface area contributed by atoms with Gasteiger partial charge in [-0.05, 0) is 59.4 Å². The average Bonchev–Trinajstić information content (AvgIpc) is 3.22. The summed E-state index contributed by atoms with van der Waals surface area (Å²) in [5.41, 5.74) is 0.671. The lowest BCUT2D eigenvalue weighted by Crippen LogP contribution is -2.42. The molecule has 9 nitrogen and oxygen atoms in total. The van der Waals surface area contributed by atoms with Crippen LogP contribution in [0.1, 0.15) is 65.0 Å². The van der Waals surface area contributed by atoms with E-state index in [1.807, 2.05) is 26.8 Å². The van der Waals surface area contributed by atoms with Crippen LogP contribution in [-0.2, 0) is 9.53 Å². The number of hydrogen-bond donors (Lipinski definition) is 2. The summed E-state index contributed by atoms with van der Waals surface area (Å²) in [5, 5.41) is 15.6. The van der Waals surface area contributed by atoms with E-state index in [0.717, 1.165) is 31.4 Å². The Morgan fingerprint density at radius 1 is 1.07 bits per heavy atom. The Kier molecular flexibility index (Phi) is 8.25. The van der Waals surface area contributed by atoms with Crippen LogP contribution in [0.5, 0.6) is 0 Å². The van der Waals surface area contributed by atoms with Gasteiger partial charge in [-0.1, -0.05) is 0 Å². The zero-order chi connectivity index (χ0) is 22.3. The largest absolute Gasteiger partial charge is 0.465 e. The van der Waals surface area contributed by atoms with Crippen LogP contribution in [-0.4, -0.2) is 74.9 Å². The predicted octanol–water partition coefficient (Wildman–Crippen LogP) is 3.49. The van der Waals surface area contributed by atoms with Gasteiger partial charge in [-0.2, -0.15) is 5.10 Å². The van der Waals surface area contributed by atoms with Crippen molar-refractivity contribution in [3.05, 3.63) is 18.0 Å². The number of nitrogens with zero attached hydrogens (tertiary/aromatic N) is 3. The number of nitrogens with one attached hydrogen (secondary N) is 1. The van der Waals surface area contributed by atoms with Gasteiger partial charge >= 0.3 is 12.2 Å². The van der Waals surface area contributed by atoms with Crippen molar-refractivity contribution in [1.82, 2.24) is 20.0 Å². The van der Waals surface area contributed by atoms with Gasteiger partial charge in [0.25, 0.3) is 0 Å². The summed E-state index contributed by atoms with van der Waals surface area (Å²) in [6.45, 7) is 9.68. The monoisotopic (exact) mass is 422 g/mol. The lowest BCUT2D eigenvalue weighted by atomic mass is 9.94. The lowest BCUT2D eigenvalue weighted by molar-refractivity contribution is -0.122. The molecule has 9 heteroatoms. The van der Waals surface area contributed by atoms with Crippen LogP contribution >= 0.6 is 0 Å². The maximum atomic E-state index is 11.7. The van der Waals surface area contributed by atoms with Crippen molar-refractivity contribution in [2.45, 2.75) is 64.9 Å². The maximum absolute atomic E-state index is 11.7. The molecule has 0 unspecified atom stereocenters. The third kappa shape index (κ3) is 7.35. The average molecular weight is 423 g/mol. The highest BCUT2D eigenvalue weighted by atomic mass is 16.6. The summed E-state index contributed by atoms with van der Waals surface area (Å²) in [6, 6.07) is 1.96. The number of rotatable bonds is 2. The molecule has 1 aromatic heterocycles. The smallest absolute Gasteiger partial charge is 0.410 e. The standard InChI is InChI=1S/C12H21NO3.C9H13N3O2/c1-9(14)10-5-7-13(8-6-10)11(15)16-12(2,3)4;13-9(14)12-5-2-7(3-6-12)8-1-4-10-11-8/h10H,5-8H2,1-4H3;1,4,7H,2-3,5-6H2,(H,10,11)(H,13,14). The normalized spacial score (nSPS) is 18.4. The summed E-state index contributed by atoms with van der Waals surface area (Å²) in [7, 11) is 0.